The Kier molecular flexibility index (Phi) is 12.3. The van der Waals surface area contributed by atoms with Gasteiger partial charge in [-0.05, 0) is 55.9 Å². The molecular weight excluding hydrogens is 562 g/mol. The monoisotopic (exact) mass is 609 g/mol. The summed E-state index contributed by atoms with van der Waals surface area (Å²) in [5.74, 6) is -1.98. The van der Waals surface area contributed by atoms with Crippen molar-refractivity contribution in [2.75, 3.05) is 13.1 Å². The number of hydrogen-bond acceptors (Lipinski definition) is 7. The summed E-state index contributed by atoms with van der Waals surface area (Å²) in [6, 6.07) is 12.0. The van der Waals surface area contributed by atoms with Crippen LogP contribution in [0.25, 0.3) is 10.8 Å². The van der Waals surface area contributed by atoms with E-state index in [1.165, 1.54) is 0 Å². The topological polar surface area (TPSA) is 160 Å². The molecule has 0 saturated carbocycles. The fourth-order valence-electron chi connectivity index (χ4n) is 5.23. The highest BCUT2D eigenvalue weighted by Crippen LogP contribution is 2.21. The number of amides is 4. The predicted molar refractivity (Wildman–Crippen MR) is 168 cm³/mol. The number of rotatable bonds is 15. The zero-order valence-electron chi connectivity index (χ0n) is 26.5. The zero-order chi connectivity index (χ0) is 32.4. The molecule has 0 bridgehead atoms. The van der Waals surface area contributed by atoms with Crippen LogP contribution in [0.4, 0.5) is 0 Å². The van der Waals surface area contributed by atoms with Crippen LogP contribution in [0.3, 0.4) is 0 Å². The van der Waals surface area contributed by atoms with Gasteiger partial charge in [-0.3, -0.25) is 24.1 Å². The number of fused-ring (bicyclic) bond motifs is 1. The van der Waals surface area contributed by atoms with Gasteiger partial charge < -0.3 is 26.4 Å². The molecular formula is C33H47N5O6. The van der Waals surface area contributed by atoms with E-state index in [2.05, 4.69) is 16.0 Å². The Hall–Kier alpha value is -3.99. The maximum Gasteiger partial charge on any atom is 0.329 e. The normalized spacial score (nSPS) is 17.0. The van der Waals surface area contributed by atoms with Crippen LogP contribution in [-0.2, 0) is 35.3 Å². The summed E-state index contributed by atoms with van der Waals surface area (Å²) < 4.78 is 5.50. The van der Waals surface area contributed by atoms with Crippen molar-refractivity contribution in [3.63, 3.8) is 0 Å². The maximum absolute atomic E-state index is 13.5. The van der Waals surface area contributed by atoms with Gasteiger partial charge in [0, 0.05) is 32.0 Å². The summed E-state index contributed by atoms with van der Waals surface area (Å²) in [6.45, 7) is 9.91. The molecule has 4 atom stereocenters. The first-order valence-corrected chi connectivity index (χ1v) is 15.3. The molecule has 1 saturated heterocycles. The van der Waals surface area contributed by atoms with Crippen molar-refractivity contribution in [1.82, 2.24) is 20.9 Å². The Bertz CT molecular complexity index is 1330. The van der Waals surface area contributed by atoms with Gasteiger partial charge in [-0.15, -0.1) is 0 Å². The van der Waals surface area contributed by atoms with Crippen molar-refractivity contribution < 1.29 is 28.7 Å². The fraction of sp³-hybridized carbons (Fsp3) is 0.545. The number of benzene rings is 2. The van der Waals surface area contributed by atoms with Crippen molar-refractivity contribution in [2.45, 2.75) is 97.0 Å². The maximum atomic E-state index is 13.5. The molecule has 1 aliphatic heterocycles. The second-order valence-electron chi connectivity index (χ2n) is 12.6. The van der Waals surface area contributed by atoms with Crippen LogP contribution in [0.15, 0.2) is 42.5 Å². The third-order valence-corrected chi connectivity index (χ3v) is 7.77. The molecule has 11 heteroatoms. The van der Waals surface area contributed by atoms with Crippen molar-refractivity contribution in [1.29, 1.82) is 0 Å². The lowest BCUT2D eigenvalue weighted by molar-refractivity contribution is -0.159. The van der Waals surface area contributed by atoms with E-state index in [1.54, 1.807) is 20.8 Å². The minimum absolute atomic E-state index is 0.0119. The van der Waals surface area contributed by atoms with Crippen molar-refractivity contribution >= 4 is 40.4 Å². The van der Waals surface area contributed by atoms with Crippen LogP contribution in [-0.4, -0.2) is 71.3 Å². The predicted octanol–water partition coefficient (Wildman–Crippen LogP) is 2.54. The molecule has 2 aromatic carbocycles. The summed E-state index contributed by atoms with van der Waals surface area (Å²) in [6.07, 6.45) is 1.46. The molecule has 3 rings (SSSR count). The summed E-state index contributed by atoms with van der Waals surface area (Å²) in [5.41, 5.74) is 5.55. The quantitative estimate of drug-likeness (QED) is 0.226. The average molecular weight is 610 g/mol. The minimum Gasteiger partial charge on any atom is -0.458 e. The number of esters is 1. The lowest BCUT2D eigenvalue weighted by Crippen LogP contribution is -2.53. The fourth-order valence-corrected chi connectivity index (χ4v) is 5.23. The van der Waals surface area contributed by atoms with Crippen LogP contribution < -0.4 is 21.7 Å². The van der Waals surface area contributed by atoms with E-state index in [4.69, 9.17) is 10.5 Å². The van der Waals surface area contributed by atoms with Gasteiger partial charge in [-0.2, -0.15) is 0 Å². The first-order chi connectivity index (χ1) is 20.8. The van der Waals surface area contributed by atoms with Gasteiger partial charge in [0.05, 0.1) is 6.54 Å². The highest BCUT2D eigenvalue weighted by molar-refractivity contribution is 5.91. The van der Waals surface area contributed by atoms with Crippen LogP contribution in [0.1, 0.15) is 72.3 Å². The molecule has 4 amide bonds. The molecule has 1 aliphatic rings. The molecule has 0 aliphatic carbocycles. The zero-order valence-corrected chi connectivity index (χ0v) is 26.5. The average Bonchev–Trinajstić information content (AvgIpc) is 3.39. The summed E-state index contributed by atoms with van der Waals surface area (Å²) in [5, 5.41) is 10.7. The van der Waals surface area contributed by atoms with Gasteiger partial charge in [-0.25, -0.2) is 4.79 Å². The second kappa shape index (κ2) is 15.7. The number of primary amides is 1. The Morgan fingerprint density at radius 3 is 2.43 bits per heavy atom. The lowest BCUT2D eigenvalue weighted by Gasteiger charge is -2.32. The molecule has 11 nitrogen and oxygen atoms in total. The Balaban J connectivity index is 1.86. The van der Waals surface area contributed by atoms with E-state index in [9.17, 15) is 24.0 Å². The standard InChI is InChI=1S/C33H47N5O6/c1-6-21(2)27(37-31(42)25-15-17-29(40)35-25)19-38(18-23-12-9-11-22-10-7-8-13-24(22)23)20-30(41)36-26(14-16-28(34)39)32(43)44-33(3,4)5/h7-13,21,25-27H,6,14-20H2,1-5H3,(H2,34,39)(H,35,40)(H,36,41)(H,37,42)/t21-,25-,26-,27+/m0/s1. The number of carbonyl (C=O) groups is 5. The number of nitrogens with zero attached hydrogens (tertiary/aromatic N) is 1. The highest BCUT2D eigenvalue weighted by atomic mass is 16.6. The molecule has 0 spiro atoms. The van der Waals surface area contributed by atoms with E-state index in [-0.39, 0.29) is 43.2 Å². The minimum atomic E-state index is -1.05. The van der Waals surface area contributed by atoms with E-state index in [0.29, 0.717) is 25.9 Å². The smallest absolute Gasteiger partial charge is 0.329 e. The molecule has 1 fully saturated rings. The Morgan fingerprint density at radius 1 is 1.09 bits per heavy atom. The van der Waals surface area contributed by atoms with Crippen molar-refractivity contribution in [3.05, 3.63) is 48.0 Å². The second-order valence-corrected chi connectivity index (χ2v) is 12.6. The van der Waals surface area contributed by atoms with Gasteiger partial charge in [0.2, 0.25) is 23.6 Å². The summed E-state index contributed by atoms with van der Waals surface area (Å²) in [7, 11) is 0. The molecule has 240 valence electrons. The summed E-state index contributed by atoms with van der Waals surface area (Å²) in [4.78, 5) is 64.7. The van der Waals surface area contributed by atoms with Crippen molar-refractivity contribution in [2.24, 2.45) is 11.7 Å². The molecule has 1 heterocycles. The number of nitrogens with one attached hydrogen (secondary N) is 3. The van der Waals surface area contributed by atoms with Crippen molar-refractivity contribution in [3.8, 4) is 0 Å². The Morgan fingerprint density at radius 2 is 1.80 bits per heavy atom. The lowest BCUT2D eigenvalue weighted by atomic mass is 9.97. The highest BCUT2D eigenvalue weighted by Gasteiger charge is 2.32. The van der Waals surface area contributed by atoms with E-state index in [0.717, 1.165) is 22.8 Å². The van der Waals surface area contributed by atoms with E-state index < -0.39 is 35.5 Å². The third kappa shape index (κ3) is 10.6. The molecule has 0 unspecified atom stereocenters. The number of carbonyl (C=O) groups excluding carboxylic acids is 5. The summed E-state index contributed by atoms with van der Waals surface area (Å²) >= 11 is 0. The molecule has 2 aromatic rings. The van der Waals surface area contributed by atoms with Crippen LogP contribution in [0, 0.1) is 5.92 Å². The van der Waals surface area contributed by atoms with Crippen LogP contribution in [0.2, 0.25) is 0 Å². The molecule has 5 N–H and O–H groups in total. The number of ether oxygens (including phenoxy) is 1. The first kappa shape index (κ1) is 34.5. The van der Waals surface area contributed by atoms with E-state index >= 15 is 0 Å². The van der Waals surface area contributed by atoms with Gasteiger partial charge in [0.1, 0.15) is 17.7 Å². The number of hydrogen-bond donors (Lipinski definition) is 4. The molecule has 0 aromatic heterocycles. The van der Waals surface area contributed by atoms with Crippen LogP contribution >= 0.6 is 0 Å². The van der Waals surface area contributed by atoms with Gasteiger partial charge in [0.25, 0.3) is 0 Å². The number of nitrogens with two attached hydrogens (primary N) is 1. The van der Waals surface area contributed by atoms with Gasteiger partial charge >= 0.3 is 5.97 Å². The van der Waals surface area contributed by atoms with E-state index in [1.807, 2.05) is 61.2 Å². The molecule has 44 heavy (non-hydrogen) atoms. The third-order valence-electron chi connectivity index (χ3n) is 7.77. The van der Waals surface area contributed by atoms with Gasteiger partial charge in [0.15, 0.2) is 0 Å². The van der Waals surface area contributed by atoms with Crippen LogP contribution in [0.5, 0.6) is 0 Å². The largest absolute Gasteiger partial charge is 0.458 e. The SMILES string of the molecule is CC[C@H](C)[C@@H](CN(CC(=O)N[C@@H](CCC(N)=O)C(=O)OC(C)(C)C)Cc1cccc2ccccc12)NC(=O)[C@@H]1CCC(=O)N1. The Labute approximate surface area is 259 Å². The first-order valence-electron chi connectivity index (χ1n) is 15.3. The molecule has 0 radical (unpaired) electrons. The van der Waals surface area contributed by atoms with Gasteiger partial charge in [-0.1, -0.05) is 62.7 Å².